The standard InChI is InChI=1S/C15H20N6O3/c1-3-12-16-14(18-17-12)11-9-20(7-8-24-11)15(23)10-5-6-13(22)21(4-2)19-10/h5-6,11H,3-4,7-9H2,1-2H3,(H,16,17,18). The van der Waals surface area contributed by atoms with Gasteiger partial charge in [0, 0.05) is 25.6 Å². The quantitative estimate of drug-likeness (QED) is 0.855. The predicted octanol–water partition coefficient (Wildman–Crippen LogP) is 0.157. The van der Waals surface area contributed by atoms with Crippen LogP contribution < -0.4 is 5.56 Å². The van der Waals surface area contributed by atoms with Crippen LogP contribution in [0.2, 0.25) is 0 Å². The molecule has 128 valence electrons. The van der Waals surface area contributed by atoms with Gasteiger partial charge in [0.1, 0.15) is 17.6 Å². The Hall–Kier alpha value is -2.55. The number of hydrogen-bond donors (Lipinski definition) is 1. The van der Waals surface area contributed by atoms with E-state index < -0.39 is 0 Å². The molecule has 0 radical (unpaired) electrons. The summed E-state index contributed by atoms with van der Waals surface area (Å²) in [7, 11) is 0. The highest BCUT2D eigenvalue weighted by atomic mass is 16.5. The van der Waals surface area contributed by atoms with E-state index in [1.165, 1.54) is 16.8 Å². The highest BCUT2D eigenvalue weighted by Gasteiger charge is 2.29. The van der Waals surface area contributed by atoms with Crippen molar-refractivity contribution in [3.63, 3.8) is 0 Å². The number of carbonyl (C=O) groups is 1. The number of nitrogens with one attached hydrogen (secondary N) is 1. The van der Waals surface area contributed by atoms with Gasteiger partial charge < -0.3 is 9.64 Å². The number of morpholine rings is 1. The maximum Gasteiger partial charge on any atom is 0.274 e. The summed E-state index contributed by atoms with van der Waals surface area (Å²) >= 11 is 0. The first-order chi connectivity index (χ1) is 11.6. The number of H-pyrrole nitrogens is 1. The topological polar surface area (TPSA) is 106 Å². The lowest BCUT2D eigenvalue weighted by Crippen LogP contribution is -2.43. The number of aromatic nitrogens is 5. The van der Waals surface area contributed by atoms with E-state index in [-0.39, 0.29) is 23.3 Å². The first-order valence-electron chi connectivity index (χ1n) is 8.02. The van der Waals surface area contributed by atoms with E-state index in [0.29, 0.717) is 32.1 Å². The van der Waals surface area contributed by atoms with Crippen LogP contribution in [0.4, 0.5) is 0 Å². The first-order valence-corrected chi connectivity index (χ1v) is 8.02. The molecule has 3 heterocycles. The maximum absolute atomic E-state index is 12.7. The van der Waals surface area contributed by atoms with Gasteiger partial charge in [0.2, 0.25) is 0 Å². The van der Waals surface area contributed by atoms with E-state index in [9.17, 15) is 9.59 Å². The second-order valence-electron chi connectivity index (χ2n) is 5.48. The van der Waals surface area contributed by atoms with E-state index in [4.69, 9.17) is 4.74 Å². The summed E-state index contributed by atoms with van der Waals surface area (Å²) in [6.07, 6.45) is 0.390. The third-order valence-corrected chi connectivity index (χ3v) is 3.91. The van der Waals surface area contributed by atoms with E-state index in [1.807, 2.05) is 13.8 Å². The number of rotatable bonds is 4. The molecule has 9 nitrogen and oxygen atoms in total. The molecule has 1 amide bonds. The summed E-state index contributed by atoms with van der Waals surface area (Å²) in [4.78, 5) is 30.3. The highest BCUT2D eigenvalue weighted by molar-refractivity contribution is 5.92. The highest BCUT2D eigenvalue weighted by Crippen LogP contribution is 2.20. The zero-order valence-corrected chi connectivity index (χ0v) is 13.7. The van der Waals surface area contributed by atoms with Crippen molar-refractivity contribution >= 4 is 5.91 Å². The minimum atomic E-state index is -0.365. The lowest BCUT2D eigenvalue weighted by molar-refractivity contribution is -0.0269. The van der Waals surface area contributed by atoms with Crippen molar-refractivity contribution in [3.05, 3.63) is 39.8 Å². The number of carbonyl (C=O) groups excluding carboxylic acids is 1. The molecule has 0 aromatic carbocycles. The monoisotopic (exact) mass is 332 g/mol. The third kappa shape index (κ3) is 3.21. The van der Waals surface area contributed by atoms with E-state index >= 15 is 0 Å². The van der Waals surface area contributed by atoms with Crippen LogP contribution in [0.15, 0.2) is 16.9 Å². The second kappa shape index (κ2) is 6.91. The van der Waals surface area contributed by atoms with Gasteiger partial charge >= 0.3 is 0 Å². The second-order valence-corrected chi connectivity index (χ2v) is 5.48. The molecule has 3 rings (SSSR count). The summed E-state index contributed by atoms with van der Waals surface area (Å²) in [5.41, 5.74) is 0.0306. The van der Waals surface area contributed by atoms with Crippen molar-refractivity contribution in [2.75, 3.05) is 19.7 Å². The minimum absolute atomic E-state index is 0.221. The molecule has 1 atom stereocenters. The predicted molar refractivity (Wildman–Crippen MR) is 84.5 cm³/mol. The fourth-order valence-corrected chi connectivity index (χ4v) is 2.55. The summed E-state index contributed by atoms with van der Waals surface area (Å²) < 4.78 is 6.96. The van der Waals surface area contributed by atoms with Gasteiger partial charge in [-0.25, -0.2) is 9.67 Å². The van der Waals surface area contributed by atoms with Crippen molar-refractivity contribution in [2.45, 2.75) is 32.9 Å². The van der Waals surface area contributed by atoms with Crippen molar-refractivity contribution in [1.29, 1.82) is 0 Å². The van der Waals surface area contributed by atoms with Gasteiger partial charge in [0.25, 0.3) is 11.5 Å². The fourth-order valence-electron chi connectivity index (χ4n) is 2.55. The Kier molecular flexibility index (Phi) is 4.70. The molecule has 0 aliphatic carbocycles. The van der Waals surface area contributed by atoms with Crippen LogP contribution in [0.5, 0.6) is 0 Å². The number of aryl methyl sites for hydroxylation is 2. The molecule has 24 heavy (non-hydrogen) atoms. The van der Waals surface area contributed by atoms with Gasteiger partial charge in [-0.2, -0.15) is 10.2 Å². The molecule has 0 bridgehead atoms. The number of ether oxygens (including phenoxy) is 1. The molecule has 2 aromatic heterocycles. The van der Waals surface area contributed by atoms with Crippen LogP contribution in [-0.2, 0) is 17.7 Å². The molecule has 0 saturated carbocycles. The SMILES string of the molecule is CCc1nc(C2CN(C(=O)c3ccc(=O)n(CC)n3)CCO2)n[nH]1. The average Bonchev–Trinajstić information content (AvgIpc) is 3.11. The molecule has 9 heteroatoms. The lowest BCUT2D eigenvalue weighted by Gasteiger charge is -2.31. The third-order valence-electron chi connectivity index (χ3n) is 3.91. The Morgan fingerprint density at radius 1 is 1.42 bits per heavy atom. The molecule has 0 spiro atoms. The number of nitrogens with zero attached hydrogens (tertiary/aromatic N) is 5. The fraction of sp³-hybridized carbons (Fsp3) is 0.533. The van der Waals surface area contributed by atoms with Crippen molar-refractivity contribution in [1.82, 2.24) is 29.9 Å². The molecule has 1 N–H and O–H groups in total. The zero-order chi connectivity index (χ0) is 17.1. The Labute approximate surface area is 138 Å². The molecule has 1 saturated heterocycles. The normalized spacial score (nSPS) is 17.9. The summed E-state index contributed by atoms with van der Waals surface area (Å²) in [5, 5.41) is 11.1. The van der Waals surface area contributed by atoms with E-state index in [0.717, 1.165) is 12.2 Å². The van der Waals surface area contributed by atoms with Crippen LogP contribution in [0.3, 0.4) is 0 Å². The van der Waals surface area contributed by atoms with Gasteiger partial charge in [-0.15, -0.1) is 0 Å². The number of amides is 1. The Bertz CT molecular complexity index is 784. The number of hydrogen-bond acceptors (Lipinski definition) is 6. The lowest BCUT2D eigenvalue weighted by atomic mass is 10.2. The van der Waals surface area contributed by atoms with Gasteiger partial charge in [0.15, 0.2) is 5.82 Å². The minimum Gasteiger partial charge on any atom is -0.366 e. The van der Waals surface area contributed by atoms with Gasteiger partial charge in [0.05, 0.1) is 13.2 Å². The van der Waals surface area contributed by atoms with Gasteiger partial charge in [-0.1, -0.05) is 6.92 Å². The van der Waals surface area contributed by atoms with Crippen molar-refractivity contribution in [3.8, 4) is 0 Å². The van der Waals surface area contributed by atoms with E-state index in [1.54, 1.807) is 4.90 Å². The smallest absolute Gasteiger partial charge is 0.274 e. The van der Waals surface area contributed by atoms with Gasteiger partial charge in [-0.05, 0) is 13.0 Å². The largest absolute Gasteiger partial charge is 0.366 e. The number of aromatic amines is 1. The van der Waals surface area contributed by atoms with Gasteiger partial charge in [-0.3, -0.25) is 14.7 Å². The molecular weight excluding hydrogens is 312 g/mol. The van der Waals surface area contributed by atoms with Crippen LogP contribution in [0.25, 0.3) is 0 Å². The Morgan fingerprint density at radius 2 is 2.25 bits per heavy atom. The van der Waals surface area contributed by atoms with Crippen LogP contribution in [0.1, 0.15) is 42.1 Å². The van der Waals surface area contributed by atoms with Crippen LogP contribution in [-0.4, -0.2) is 55.5 Å². The molecule has 1 unspecified atom stereocenters. The van der Waals surface area contributed by atoms with Crippen LogP contribution in [0, 0.1) is 0 Å². The Balaban J connectivity index is 1.76. The van der Waals surface area contributed by atoms with Crippen LogP contribution >= 0.6 is 0 Å². The zero-order valence-electron chi connectivity index (χ0n) is 13.7. The maximum atomic E-state index is 12.7. The van der Waals surface area contributed by atoms with Crippen molar-refractivity contribution < 1.29 is 9.53 Å². The molecular formula is C15H20N6O3. The Morgan fingerprint density at radius 3 is 2.96 bits per heavy atom. The first kappa shape index (κ1) is 16.3. The molecule has 1 aliphatic rings. The summed E-state index contributed by atoms with van der Waals surface area (Å²) in [5.74, 6) is 1.11. The van der Waals surface area contributed by atoms with E-state index in [2.05, 4.69) is 20.3 Å². The molecule has 2 aromatic rings. The van der Waals surface area contributed by atoms with Crippen molar-refractivity contribution in [2.24, 2.45) is 0 Å². The molecule has 1 fully saturated rings. The average molecular weight is 332 g/mol. The molecule has 1 aliphatic heterocycles. The summed E-state index contributed by atoms with van der Waals surface area (Å²) in [6.45, 7) is 5.43. The summed E-state index contributed by atoms with van der Waals surface area (Å²) in [6, 6.07) is 2.83.